The lowest BCUT2D eigenvalue weighted by Crippen LogP contribution is -2.64. The molecule has 0 unspecified atom stereocenters. The van der Waals surface area contributed by atoms with Crippen LogP contribution in [0.4, 0.5) is 9.59 Å². The van der Waals surface area contributed by atoms with E-state index in [1.807, 2.05) is 9.80 Å². The van der Waals surface area contributed by atoms with Gasteiger partial charge in [-0.1, -0.05) is 0 Å². The van der Waals surface area contributed by atoms with Crippen LogP contribution in [-0.4, -0.2) is 71.2 Å². The van der Waals surface area contributed by atoms with Gasteiger partial charge in [-0.3, -0.25) is 0 Å². The van der Waals surface area contributed by atoms with Gasteiger partial charge < -0.3 is 19.8 Å². The van der Waals surface area contributed by atoms with E-state index in [1.54, 1.807) is 0 Å². The van der Waals surface area contributed by atoms with Crippen molar-refractivity contribution in [1.82, 2.24) is 14.7 Å². The highest BCUT2D eigenvalue weighted by Crippen LogP contribution is 2.41. The number of likely N-dealkylation sites (tertiary alicyclic amines) is 3. The molecule has 6 nitrogen and oxygen atoms in total. The Hall–Kier alpha value is -1.46. The lowest BCUT2D eigenvalue weighted by Gasteiger charge is -2.54. The van der Waals surface area contributed by atoms with Gasteiger partial charge >= 0.3 is 12.1 Å². The number of carbonyl (C=O) groups is 2. The van der Waals surface area contributed by atoms with E-state index in [2.05, 4.69) is 0 Å². The van der Waals surface area contributed by atoms with E-state index < -0.39 is 6.09 Å². The minimum absolute atomic E-state index is 0.184. The zero-order chi connectivity index (χ0) is 13.5. The molecule has 3 saturated heterocycles. The Morgan fingerprint density at radius 1 is 0.842 bits per heavy atom. The fourth-order valence-corrected chi connectivity index (χ4v) is 3.50. The van der Waals surface area contributed by atoms with Crippen LogP contribution in [0.1, 0.15) is 25.7 Å². The van der Waals surface area contributed by atoms with Gasteiger partial charge in [-0.15, -0.1) is 0 Å². The third-order valence-corrected chi connectivity index (χ3v) is 4.79. The number of nitrogens with zero attached hydrogens (tertiary/aromatic N) is 3. The summed E-state index contributed by atoms with van der Waals surface area (Å²) >= 11 is 0. The Labute approximate surface area is 112 Å². The molecule has 3 fully saturated rings. The third kappa shape index (κ3) is 2.24. The fraction of sp³-hybridized carbons (Fsp3) is 0.846. The van der Waals surface area contributed by atoms with Crippen molar-refractivity contribution in [3.8, 4) is 0 Å². The highest BCUT2D eigenvalue weighted by atomic mass is 16.4. The summed E-state index contributed by atoms with van der Waals surface area (Å²) in [6.07, 6.45) is 3.21. The lowest BCUT2D eigenvalue weighted by molar-refractivity contribution is -0.0248. The molecule has 106 valence electrons. The van der Waals surface area contributed by atoms with Gasteiger partial charge in [0.05, 0.1) is 0 Å². The Kier molecular flexibility index (Phi) is 3.03. The van der Waals surface area contributed by atoms with E-state index in [1.165, 1.54) is 4.90 Å². The van der Waals surface area contributed by atoms with Gasteiger partial charge in [0.1, 0.15) is 0 Å². The number of amides is 3. The summed E-state index contributed by atoms with van der Waals surface area (Å²) in [4.78, 5) is 28.4. The van der Waals surface area contributed by atoms with Gasteiger partial charge in [-0.05, 0) is 25.7 Å². The van der Waals surface area contributed by atoms with Crippen LogP contribution in [0.15, 0.2) is 0 Å². The molecule has 0 atom stereocenters. The molecule has 3 rings (SSSR count). The first kappa shape index (κ1) is 12.6. The molecule has 0 aliphatic carbocycles. The van der Waals surface area contributed by atoms with Crippen molar-refractivity contribution >= 4 is 12.1 Å². The van der Waals surface area contributed by atoms with Crippen LogP contribution in [0.2, 0.25) is 0 Å². The normalized spacial score (nSPS) is 25.6. The number of urea groups is 1. The van der Waals surface area contributed by atoms with Crippen molar-refractivity contribution in [3.63, 3.8) is 0 Å². The minimum atomic E-state index is -0.820. The molecule has 0 aromatic carbocycles. The molecule has 6 heteroatoms. The number of piperidine rings is 1. The van der Waals surface area contributed by atoms with Crippen molar-refractivity contribution in [2.24, 2.45) is 5.41 Å². The predicted molar refractivity (Wildman–Crippen MR) is 69.0 cm³/mol. The summed E-state index contributed by atoms with van der Waals surface area (Å²) in [6.45, 7) is 4.65. The molecular weight excluding hydrogens is 246 g/mol. The van der Waals surface area contributed by atoms with E-state index in [9.17, 15) is 9.59 Å². The second kappa shape index (κ2) is 4.58. The van der Waals surface area contributed by atoms with Crippen molar-refractivity contribution in [3.05, 3.63) is 0 Å². The molecule has 3 aliphatic heterocycles. The number of hydrogen-bond acceptors (Lipinski definition) is 2. The second-order valence-corrected chi connectivity index (χ2v) is 6.10. The lowest BCUT2D eigenvalue weighted by atomic mass is 9.72. The van der Waals surface area contributed by atoms with E-state index in [0.717, 1.165) is 51.9 Å². The van der Waals surface area contributed by atoms with Gasteiger partial charge in [0.2, 0.25) is 0 Å². The SMILES string of the molecule is O=C(O)N1CCC2(CC1)CN(C(=O)N1CCCC1)C2. The van der Waals surface area contributed by atoms with Crippen LogP contribution in [0.5, 0.6) is 0 Å². The molecule has 0 aromatic rings. The standard InChI is InChI=1S/C13H21N3O3/c17-11(14-5-1-2-6-14)16-9-13(10-16)3-7-15(8-4-13)12(18)19/h1-10H2,(H,18,19). The first-order valence-corrected chi connectivity index (χ1v) is 7.11. The zero-order valence-corrected chi connectivity index (χ0v) is 11.2. The van der Waals surface area contributed by atoms with Crippen LogP contribution in [0.3, 0.4) is 0 Å². The van der Waals surface area contributed by atoms with Crippen LogP contribution >= 0.6 is 0 Å². The average molecular weight is 267 g/mol. The maximum absolute atomic E-state index is 12.2. The first-order chi connectivity index (χ1) is 9.10. The fourth-order valence-electron chi connectivity index (χ4n) is 3.50. The van der Waals surface area contributed by atoms with Crippen molar-refractivity contribution in [1.29, 1.82) is 0 Å². The van der Waals surface area contributed by atoms with Gasteiger partial charge in [-0.25, -0.2) is 9.59 Å². The molecule has 3 aliphatic rings. The molecule has 0 saturated carbocycles. The number of hydrogen-bond donors (Lipinski definition) is 1. The molecule has 3 heterocycles. The minimum Gasteiger partial charge on any atom is -0.465 e. The van der Waals surface area contributed by atoms with E-state index in [-0.39, 0.29) is 11.4 Å². The smallest absolute Gasteiger partial charge is 0.407 e. The summed E-state index contributed by atoms with van der Waals surface area (Å²) < 4.78 is 0. The highest BCUT2D eigenvalue weighted by molar-refractivity contribution is 5.76. The summed E-state index contributed by atoms with van der Waals surface area (Å²) in [5.41, 5.74) is 0.196. The zero-order valence-electron chi connectivity index (χ0n) is 11.2. The monoisotopic (exact) mass is 267 g/mol. The maximum atomic E-state index is 12.2. The van der Waals surface area contributed by atoms with Crippen LogP contribution < -0.4 is 0 Å². The van der Waals surface area contributed by atoms with Crippen molar-refractivity contribution in [2.45, 2.75) is 25.7 Å². The van der Waals surface area contributed by atoms with Crippen LogP contribution in [0.25, 0.3) is 0 Å². The largest absolute Gasteiger partial charge is 0.465 e. The predicted octanol–water partition coefficient (Wildman–Crippen LogP) is 1.28. The van der Waals surface area contributed by atoms with Crippen LogP contribution in [0, 0.1) is 5.41 Å². The molecule has 1 N–H and O–H groups in total. The van der Waals surface area contributed by atoms with Gasteiger partial charge in [-0.2, -0.15) is 0 Å². The molecule has 0 aromatic heterocycles. The number of rotatable bonds is 0. The van der Waals surface area contributed by atoms with E-state index in [0.29, 0.717) is 13.1 Å². The van der Waals surface area contributed by atoms with Gasteiger partial charge in [0, 0.05) is 44.7 Å². The van der Waals surface area contributed by atoms with Crippen LogP contribution in [-0.2, 0) is 0 Å². The topological polar surface area (TPSA) is 64.1 Å². The molecule has 0 bridgehead atoms. The molecule has 3 amide bonds. The summed E-state index contributed by atoms with van der Waals surface area (Å²) in [5, 5.41) is 8.94. The van der Waals surface area contributed by atoms with Crippen molar-refractivity contribution < 1.29 is 14.7 Å². The molecule has 19 heavy (non-hydrogen) atoms. The molecule has 1 spiro atoms. The Morgan fingerprint density at radius 3 is 1.95 bits per heavy atom. The average Bonchev–Trinajstić information content (AvgIpc) is 2.89. The Balaban J connectivity index is 1.50. The third-order valence-electron chi connectivity index (χ3n) is 4.79. The summed E-state index contributed by atoms with van der Waals surface area (Å²) in [7, 11) is 0. The summed E-state index contributed by atoms with van der Waals surface area (Å²) in [5.74, 6) is 0. The Morgan fingerprint density at radius 2 is 1.42 bits per heavy atom. The van der Waals surface area contributed by atoms with Gasteiger partial charge in [0.15, 0.2) is 0 Å². The van der Waals surface area contributed by atoms with Crippen molar-refractivity contribution in [2.75, 3.05) is 39.3 Å². The second-order valence-electron chi connectivity index (χ2n) is 6.10. The summed E-state index contributed by atoms with van der Waals surface area (Å²) in [6, 6.07) is 0.184. The van der Waals surface area contributed by atoms with E-state index >= 15 is 0 Å². The van der Waals surface area contributed by atoms with E-state index in [4.69, 9.17) is 5.11 Å². The molecular formula is C13H21N3O3. The Bertz CT molecular complexity index is 377. The highest BCUT2D eigenvalue weighted by Gasteiger charge is 2.48. The number of carboxylic acid groups (broad SMARTS) is 1. The van der Waals surface area contributed by atoms with Gasteiger partial charge in [0.25, 0.3) is 0 Å². The first-order valence-electron chi connectivity index (χ1n) is 7.11. The maximum Gasteiger partial charge on any atom is 0.407 e. The number of carbonyl (C=O) groups excluding carboxylic acids is 1. The molecule has 0 radical (unpaired) electrons. The quantitative estimate of drug-likeness (QED) is 0.719.